The van der Waals surface area contributed by atoms with Crippen LogP contribution < -0.4 is 9.80 Å². The Labute approximate surface area is 207 Å². The third-order valence-electron chi connectivity index (χ3n) is 6.52. The molecule has 34 heavy (non-hydrogen) atoms. The molecule has 2 unspecified atom stereocenters. The molecule has 2 amide bonds. The third-order valence-corrected chi connectivity index (χ3v) is 7.18. The second-order valence-corrected chi connectivity index (χ2v) is 9.13. The van der Waals surface area contributed by atoms with Crippen molar-refractivity contribution in [3.63, 3.8) is 0 Å². The average molecular weight is 485 g/mol. The molecule has 4 nitrogen and oxygen atoms in total. The molecule has 0 saturated heterocycles. The van der Waals surface area contributed by atoms with E-state index in [-0.39, 0.29) is 11.8 Å². The van der Waals surface area contributed by atoms with Crippen LogP contribution in [0.4, 0.5) is 11.4 Å². The fraction of sp³-hybridized carbons (Fsp3) is 0.0714. The van der Waals surface area contributed by atoms with Crippen molar-refractivity contribution in [2.75, 3.05) is 9.80 Å². The molecule has 0 fully saturated rings. The van der Waals surface area contributed by atoms with Gasteiger partial charge in [-0.3, -0.25) is 19.4 Å². The summed E-state index contributed by atoms with van der Waals surface area (Å²) in [6.45, 7) is 0. The lowest BCUT2D eigenvalue weighted by Crippen LogP contribution is -2.39. The Bertz CT molecular complexity index is 1330. The summed E-state index contributed by atoms with van der Waals surface area (Å²) in [5.41, 5.74) is 3.91. The van der Waals surface area contributed by atoms with Gasteiger partial charge in [-0.25, -0.2) is 0 Å². The van der Waals surface area contributed by atoms with Crippen LogP contribution in [0.15, 0.2) is 97.1 Å². The molecule has 0 N–H and O–H groups in total. The predicted octanol–water partition coefficient (Wildman–Crippen LogP) is 7.10. The number of amides is 2. The van der Waals surface area contributed by atoms with Gasteiger partial charge in [-0.1, -0.05) is 71.7 Å². The second-order valence-electron chi connectivity index (χ2n) is 8.31. The number of nitrogens with zero attached hydrogens (tertiary/aromatic N) is 2. The zero-order chi connectivity index (χ0) is 23.4. The Balaban J connectivity index is 1.66. The zero-order valence-electron chi connectivity index (χ0n) is 17.9. The van der Waals surface area contributed by atoms with Crippen LogP contribution in [-0.2, 0) is 0 Å². The maximum atomic E-state index is 13.8. The summed E-state index contributed by atoms with van der Waals surface area (Å²) in [5, 5.41) is 0.963. The van der Waals surface area contributed by atoms with Gasteiger partial charge >= 0.3 is 0 Å². The van der Waals surface area contributed by atoms with E-state index in [1.165, 1.54) is 0 Å². The Morgan fingerprint density at radius 2 is 0.882 bits per heavy atom. The maximum Gasteiger partial charge on any atom is 0.259 e. The fourth-order valence-electron chi connectivity index (χ4n) is 5.15. The van der Waals surface area contributed by atoms with E-state index < -0.39 is 12.1 Å². The standard InChI is InChI=1S/C28H18Cl2N2O2/c29-21-15-7-13-19-23(21)25(31(27(19)33)17-9-3-1-4-10-17)26-24-20(14-8-16-22(24)30)28(34)32(26)18-11-5-2-6-12-18/h1-16,25-26H. The van der Waals surface area contributed by atoms with Crippen molar-refractivity contribution in [1.82, 2.24) is 0 Å². The van der Waals surface area contributed by atoms with E-state index in [0.29, 0.717) is 32.3 Å². The minimum Gasteiger partial charge on any atom is -0.298 e. The van der Waals surface area contributed by atoms with E-state index in [0.717, 1.165) is 11.4 Å². The Hall–Kier alpha value is -3.60. The lowest BCUT2D eigenvalue weighted by molar-refractivity contribution is 0.0966. The Morgan fingerprint density at radius 1 is 0.500 bits per heavy atom. The molecule has 0 aromatic heterocycles. The molecule has 0 radical (unpaired) electrons. The molecule has 6 heteroatoms. The highest BCUT2D eigenvalue weighted by molar-refractivity contribution is 6.34. The van der Waals surface area contributed by atoms with Crippen LogP contribution in [0.3, 0.4) is 0 Å². The Kier molecular flexibility index (Phi) is 4.94. The van der Waals surface area contributed by atoms with Gasteiger partial charge in [0.05, 0.1) is 12.1 Å². The predicted molar refractivity (Wildman–Crippen MR) is 135 cm³/mol. The van der Waals surface area contributed by atoms with Crippen molar-refractivity contribution in [2.45, 2.75) is 12.1 Å². The molecule has 0 aliphatic carbocycles. The van der Waals surface area contributed by atoms with Crippen LogP contribution in [0.2, 0.25) is 10.0 Å². The van der Waals surface area contributed by atoms with E-state index in [4.69, 9.17) is 23.2 Å². The summed E-state index contributed by atoms with van der Waals surface area (Å²) in [5.74, 6) is -0.315. The van der Waals surface area contributed by atoms with Gasteiger partial charge in [0.25, 0.3) is 11.8 Å². The highest BCUT2D eigenvalue weighted by Gasteiger charge is 2.51. The first-order chi connectivity index (χ1) is 16.6. The van der Waals surface area contributed by atoms with Crippen LogP contribution in [0.5, 0.6) is 0 Å². The quantitative estimate of drug-likeness (QED) is 0.311. The average Bonchev–Trinajstić information content (AvgIpc) is 3.33. The molecule has 0 saturated carbocycles. The van der Waals surface area contributed by atoms with Crippen LogP contribution >= 0.6 is 23.2 Å². The molecular weight excluding hydrogens is 467 g/mol. The van der Waals surface area contributed by atoms with Gasteiger partial charge in [0.1, 0.15) is 0 Å². The molecule has 4 aromatic carbocycles. The van der Waals surface area contributed by atoms with Gasteiger partial charge in [0, 0.05) is 43.7 Å². The van der Waals surface area contributed by atoms with E-state index in [2.05, 4.69) is 0 Å². The monoisotopic (exact) mass is 484 g/mol. The molecule has 0 bridgehead atoms. The number of fused-ring (bicyclic) bond motifs is 2. The maximum absolute atomic E-state index is 13.8. The van der Waals surface area contributed by atoms with Gasteiger partial charge in [0.2, 0.25) is 0 Å². The minimum absolute atomic E-state index is 0.158. The van der Waals surface area contributed by atoms with Gasteiger partial charge in [-0.15, -0.1) is 0 Å². The number of hydrogen-bond donors (Lipinski definition) is 0. The highest BCUT2D eigenvalue weighted by Crippen LogP contribution is 2.54. The normalized spacial score (nSPS) is 18.9. The third kappa shape index (κ3) is 2.99. The largest absolute Gasteiger partial charge is 0.298 e. The topological polar surface area (TPSA) is 40.6 Å². The van der Waals surface area contributed by atoms with Gasteiger partial charge < -0.3 is 0 Å². The highest BCUT2D eigenvalue weighted by atomic mass is 35.5. The smallest absolute Gasteiger partial charge is 0.259 e. The number of carbonyl (C=O) groups excluding carboxylic acids is 2. The minimum atomic E-state index is -0.566. The van der Waals surface area contributed by atoms with Gasteiger partial charge in [-0.2, -0.15) is 0 Å². The molecular formula is C28H18Cl2N2O2. The molecule has 0 spiro atoms. The first-order valence-corrected chi connectivity index (χ1v) is 11.7. The summed E-state index contributed by atoms with van der Waals surface area (Å²) in [7, 11) is 0. The van der Waals surface area contributed by atoms with Crippen LogP contribution in [-0.4, -0.2) is 11.8 Å². The van der Waals surface area contributed by atoms with E-state index in [1.54, 1.807) is 46.2 Å². The molecule has 2 heterocycles. The molecule has 2 aliphatic rings. The summed E-state index contributed by atoms with van der Waals surface area (Å²) in [6, 6.07) is 28.5. The van der Waals surface area contributed by atoms with Crippen molar-refractivity contribution < 1.29 is 9.59 Å². The van der Waals surface area contributed by atoms with Crippen LogP contribution in [0, 0.1) is 0 Å². The van der Waals surface area contributed by atoms with Crippen molar-refractivity contribution >= 4 is 46.4 Å². The van der Waals surface area contributed by atoms with Gasteiger partial charge in [0.15, 0.2) is 0 Å². The molecule has 6 rings (SSSR count). The fourth-order valence-corrected chi connectivity index (χ4v) is 5.72. The van der Waals surface area contributed by atoms with E-state index in [9.17, 15) is 9.59 Å². The number of benzene rings is 4. The van der Waals surface area contributed by atoms with Crippen LogP contribution in [0.25, 0.3) is 0 Å². The van der Waals surface area contributed by atoms with Crippen molar-refractivity contribution in [3.8, 4) is 0 Å². The SMILES string of the molecule is O=C1c2cccc(Cl)c2C(C2c3c(Cl)cccc3C(=O)N2c2ccccc2)N1c1ccccc1. The zero-order valence-corrected chi connectivity index (χ0v) is 19.4. The second kappa shape index (κ2) is 8.01. The first kappa shape index (κ1) is 21.0. The van der Waals surface area contributed by atoms with Crippen molar-refractivity contribution in [3.05, 3.63) is 129 Å². The lowest BCUT2D eigenvalue weighted by atomic mass is 9.92. The lowest BCUT2D eigenvalue weighted by Gasteiger charge is -2.36. The number of hydrogen-bond acceptors (Lipinski definition) is 2. The van der Waals surface area contributed by atoms with Gasteiger partial charge in [-0.05, 0) is 48.5 Å². The summed E-state index contributed by atoms with van der Waals surface area (Å²) in [6.07, 6.45) is 0. The number of halogens is 2. The summed E-state index contributed by atoms with van der Waals surface area (Å²) in [4.78, 5) is 31.0. The van der Waals surface area contributed by atoms with E-state index >= 15 is 0 Å². The number of para-hydroxylation sites is 2. The molecule has 166 valence electrons. The van der Waals surface area contributed by atoms with E-state index in [1.807, 2.05) is 60.7 Å². The number of anilines is 2. The summed E-state index contributed by atoms with van der Waals surface area (Å²) >= 11 is 13.5. The first-order valence-electron chi connectivity index (χ1n) is 10.9. The summed E-state index contributed by atoms with van der Waals surface area (Å²) < 4.78 is 0. The molecule has 2 aliphatic heterocycles. The van der Waals surface area contributed by atoms with Crippen LogP contribution in [0.1, 0.15) is 43.9 Å². The Morgan fingerprint density at radius 3 is 1.26 bits per heavy atom. The van der Waals surface area contributed by atoms with Crippen molar-refractivity contribution in [2.24, 2.45) is 0 Å². The number of rotatable bonds is 3. The number of carbonyl (C=O) groups is 2. The molecule has 2 atom stereocenters. The molecule has 4 aromatic rings. The van der Waals surface area contributed by atoms with Crippen molar-refractivity contribution in [1.29, 1.82) is 0 Å².